The van der Waals surface area contributed by atoms with E-state index < -0.39 is 0 Å². The van der Waals surface area contributed by atoms with Gasteiger partial charge in [-0.05, 0) is 99.3 Å². The Labute approximate surface area is 210 Å². The van der Waals surface area contributed by atoms with Crippen molar-refractivity contribution in [3.05, 3.63) is 70.5 Å². The summed E-state index contributed by atoms with van der Waals surface area (Å²) in [4.78, 5) is 17.8. The largest absolute Gasteiger partial charge is 0.461 e. The molecule has 1 unspecified atom stereocenters. The monoisotopic (exact) mass is 472 g/mol. The second-order valence-electron chi connectivity index (χ2n) is 10.8. The minimum Gasteiger partial charge on any atom is -0.461 e. The number of carbonyl (C=O) groups is 1. The van der Waals surface area contributed by atoms with Crippen molar-refractivity contribution in [3.63, 3.8) is 0 Å². The molecule has 1 saturated heterocycles. The van der Waals surface area contributed by atoms with Crippen LogP contribution in [0.1, 0.15) is 60.1 Å². The van der Waals surface area contributed by atoms with Crippen molar-refractivity contribution in [2.45, 2.75) is 65.2 Å². The number of rotatable bonds is 8. The third-order valence-corrected chi connectivity index (χ3v) is 8.12. The standard InChI is InChI=1S/C31H40N2O2/c1-23-17-26-13-16-33(31(34)20-28(26)18-24(23)2)22-25-9-8-15-32(21-25)14-7-3-4-11-29-19-27-10-5-6-12-30(27)35-29/h5-6,10,12,17-19,25H,3-4,7-9,11,13-16,20-22H2,1-2H3. The molecular weight excluding hydrogens is 432 g/mol. The maximum atomic E-state index is 13.1. The zero-order valence-corrected chi connectivity index (χ0v) is 21.5. The van der Waals surface area contributed by atoms with Crippen LogP contribution in [0.25, 0.3) is 11.0 Å². The van der Waals surface area contributed by atoms with Gasteiger partial charge in [-0.25, -0.2) is 0 Å². The summed E-state index contributed by atoms with van der Waals surface area (Å²) in [5.41, 5.74) is 6.25. The molecule has 2 aliphatic rings. The molecule has 0 radical (unpaired) electrons. The number of likely N-dealkylation sites (tertiary alicyclic amines) is 1. The molecule has 1 amide bonds. The van der Waals surface area contributed by atoms with Gasteiger partial charge in [0, 0.05) is 31.4 Å². The number of hydrogen-bond acceptors (Lipinski definition) is 3. The van der Waals surface area contributed by atoms with Crippen molar-refractivity contribution < 1.29 is 9.21 Å². The van der Waals surface area contributed by atoms with Crippen LogP contribution in [0.2, 0.25) is 0 Å². The molecule has 1 atom stereocenters. The van der Waals surface area contributed by atoms with Gasteiger partial charge in [-0.2, -0.15) is 0 Å². The van der Waals surface area contributed by atoms with E-state index in [4.69, 9.17) is 4.42 Å². The van der Waals surface area contributed by atoms with Crippen LogP contribution in [-0.4, -0.2) is 48.4 Å². The van der Waals surface area contributed by atoms with E-state index in [-0.39, 0.29) is 0 Å². The maximum absolute atomic E-state index is 13.1. The van der Waals surface area contributed by atoms with Crippen LogP contribution in [0.15, 0.2) is 46.9 Å². The number of aryl methyl sites for hydroxylation is 3. The number of furan rings is 1. The summed E-state index contributed by atoms with van der Waals surface area (Å²) in [6.45, 7) is 9.64. The minimum atomic E-state index is 0.315. The van der Waals surface area contributed by atoms with Crippen LogP contribution in [0.5, 0.6) is 0 Å². The Kier molecular flexibility index (Phi) is 7.57. The quantitative estimate of drug-likeness (QED) is 0.372. The van der Waals surface area contributed by atoms with Gasteiger partial charge >= 0.3 is 0 Å². The van der Waals surface area contributed by atoms with Gasteiger partial charge in [-0.3, -0.25) is 4.79 Å². The number of unbranched alkanes of at least 4 members (excludes halogenated alkanes) is 2. The molecule has 5 rings (SSSR count). The molecule has 0 aliphatic carbocycles. The lowest BCUT2D eigenvalue weighted by Crippen LogP contribution is -2.43. The van der Waals surface area contributed by atoms with Crippen molar-refractivity contribution >= 4 is 16.9 Å². The first-order valence-corrected chi connectivity index (χ1v) is 13.6. The van der Waals surface area contributed by atoms with Gasteiger partial charge in [0.15, 0.2) is 0 Å². The third kappa shape index (κ3) is 5.98. The van der Waals surface area contributed by atoms with E-state index in [1.807, 2.05) is 12.1 Å². The highest BCUT2D eigenvalue weighted by Gasteiger charge is 2.26. The van der Waals surface area contributed by atoms with Gasteiger partial charge in [0.25, 0.3) is 0 Å². The van der Waals surface area contributed by atoms with E-state index in [0.29, 0.717) is 18.2 Å². The van der Waals surface area contributed by atoms with Crippen molar-refractivity contribution in [2.24, 2.45) is 5.92 Å². The van der Waals surface area contributed by atoms with Gasteiger partial charge in [0.05, 0.1) is 6.42 Å². The lowest BCUT2D eigenvalue weighted by atomic mass is 9.96. The summed E-state index contributed by atoms with van der Waals surface area (Å²) in [6.07, 6.45) is 8.74. The summed E-state index contributed by atoms with van der Waals surface area (Å²) in [6, 6.07) is 15.0. The fraction of sp³-hybridized carbons (Fsp3) is 0.516. The molecule has 0 spiro atoms. The lowest BCUT2D eigenvalue weighted by molar-refractivity contribution is -0.131. The predicted octanol–water partition coefficient (Wildman–Crippen LogP) is 6.10. The summed E-state index contributed by atoms with van der Waals surface area (Å²) in [5, 5.41) is 1.21. The van der Waals surface area contributed by atoms with E-state index in [0.717, 1.165) is 43.8 Å². The molecule has 1 aromatic heterocycles. The van der Waals surface area contributed by atoms with Gasteiger partial charge in [-0.1, -0.05) is 36.8 Å². The van der Waals surface area contributed by atoms with Crippen LogP contribution in [0, 0.1) is 19.8 Å². The fourth-order valence-corrected chi connectivity index (χ4v) is 5.97. The number of fused-ring (bicyclic) bond motifs is 2. The second kappa shape index (κ2) is 11.0. The molecule has 4 heteroatoms. The van der Waals surface area contributed by atoms with Gasteiger partial charge < -0.3 is 14.2 Å². The Balaban J connectivity index is 1.05. The molecule has 186 valence electrons. The van der Waals surface area contributed by atoms with E-state index in [9.17, 15) is 4.79 Å². The Hall–Kier alpha value is -2.59. The first-order chi connectivity index (χ1) is 17.0. The normalized spacial score (nSPS) is 19.2. The van der Waals surface area contributed by atoms with Crippen molar-refractivity contribution in [2.75, 3.05) is 32.7 Å². The van der Waals surface area contributed by atoms with E-state index in [1.54, 1.807) is 0 Å². The predicted molar refractivity (Wildman–Crippen MR) is 143 cm³/mol. The highest BCUT2D eigenvalue weighted by atomic mass is 16.3. The van der Waals surface area contributed by atoms with Crippen molar-refractivity contribution in [3.8, 4) is 0 Å². The van der Waals surface area contributed by atoms with Gasteiger partial charge in [0.1, 0.15) is 11.3 Å². The molecule has 3 heterocycles. The minimum absolute atomic E-state index is 0.315. The first-order valence-electron chi connectivity index (χ1n) is 13.6. The molecule has 35 heavy (non-hydrogen) atoms. The van der Waals surface area contributed by atoms with Crippen molar-refractivity contribution in [1.82, 2.24) is 9.80 Å². The highest BCUT2D eigenvalue weighted by Crippen LogP contribution is 2.24. The van der Waals surface area contributed by atoms with Crippen LogP contribution in [0.3, 0.4) is 0 Å². The van der Waals surface area contributed by atoms with Gasteiger partial charge in [0.2, 0.25) is 5.91 Å². The summed E-state index contributed by atoms with van der Waals surface area (Å²) >= 11 is 0. The first kappa shape index (κ1) is 24.1. The van der Waals surface area contributed by atoms with Crippen LogP contribution < -0.4 is 0 Å². The molecule has 2 aromatic carbocycles. The number of carbonyl (C=O) groups excluding carboxylic acids is 1. The van der Waals surface area contributed by atoms with Crippen LogP contribution in [0.4, 0.5) is 0 Å². The fourth-order valence-electron chi connectivity index (χ4n) is 5.97. The maximum Gasteiger partial charge on any atom is 0.227 e. The zero-order valence-electron chi connectivity index (χ0n) is 21.5. The highest BCUT2D eigenvalue weighted by molar-refractivity contribution is 5.80. The molecule has 0 N–H and O–H groups in total. The molecule has 3 aromatic rings. The SMILES string of the molecule is Cc1cc2c(cc1C)CC(=O)N(CC1CCCN(CCCCCc3cc4ccccc4o3)C1)CC2. The molecule has 0 saturated carbocycles. The number of nitrogens with zero attached hydrogens (tertiary/aromatic N) is 2. The molecule has 0 bridgehead atoms. The number of benzene rings is 2. The Morgan fingerprint density at radius 1 is 0.971 bits per heavy atom. The number of piperidine rings is 1. The van der Waals surface area contributed by atoms with E-state index >= 15 is 0 Å². The van der Waals surface area contributed by atoms with E-state index in [2.05, 4.69) is 54.0 Å². The molecular formula is C31H40N2O2. The number of amides is 1. The van der Waals surface area contributed by atoms with Crippen molar-refractivity contribution in [1.29, 1.82) is 0 Å². The molecule has 2 aliphatic heterocycles. The van der Waals surface area contributed by atoms with Gasteiger partial charge in [-0.15, -0.1) is 0 Å². The zero-order chi connectivity index (χ0) is 24.2. The number of hydrogen-bond donors (Lipinski definition) is 0. The average molecular weight is 473 g/mol. The summed E-state index contributed by atoms with van der Waals surface area (Å²) in [7, 11) is 0. The Morgan fingerprint density at radius 3 is 2.66 bits per heavy atom. The molecule has 1 fully saturated rings. The van der Waals surface area contributed by atoms with Crippen LogP contribution in [-0.2, 0) is 24.1 Å². The smallest absolute Gasteiger partial charge is 0.227 e. The summed E-state index contributed by atoms with van der Waals surface area (Å²) < 4.78 is 5.96. The average Bonchev–Trinajstić information content (AvgIpc) is 3.21. The summed E-state index contributed by atoms with van der Waals surface area (Å²) in [5.74, 6) is 2.03. The Bertz CT molecular complexity index is 1130. The lowest BCUT2D eigenvalue weighted by Gasteiger charge is -2.35. The van der Waals surface area contributed by atoms with E-state index in [1.165, 1.54) is 72.8 Å². The Morgan fingerprint density at radius 2 is 1.80 bits per heavy atom. The molecule has 4 nitrogen and oxygen atoms in total. The second-order valence-corrected chi connectivity index (χ2v) is 10.8. The topological polar surface area (TPSA) is 36.7 Å². The number of para-hydroxylation sites is 1. The van der Waals surface area contributed by atoms with Crippen LogP contribution >= 0.6 is 0 Å². The third-order valence-electron chi connectivity index (χ3n) is 8.12.